The number of nitrogens with zero attached hydrogens (tertiary/aromatic N) is 2. The summed E-state index contributed by atoms with van der Waals surface area (Å²) < 4.78 is 2.25. The molecular formula is C17H19N3. The molecule has 1 heterocycles. The normalized spacial score (nSPS) is 11.2. The predicted molar refractivity (Wildman–Crippen MR) is 84.7 cm³/mol. The highest BCUT2D eigenvalue weighted by Gasteiger charge is 2.14. The molecule has 0 unspecified atom stereocenters. The number of benzene rings is 2. The van der Waals surface area contributed by atoms with E-state index in [9.17, 15) is 0 Å². The number of rotatable bonds is 2. The van der Waals surface area contributed by atoms with E-state index in [0.29, 0.717) is 0 Å². The molecule has 3 aromatic rings. The van der Waals surface area contributed by atoms with Crippen molar-refractivity contribution in [3.05, 3.63) is 47.5 Å². The molecule has 0 atom stereocenters. The molecule has 0 bridgehead atoms. The quantitative estimate of drug-likeness (QED) is 0.714. The van der Waals surface area contributed by atoms with Crippen molar-refractivity contribution in [1.82, 2.24) is 9.55 Å². The Morgan fingerprint density at radius 1 is 1.15 bits per heavy atom. The number of para-hydroxylation sites is 2. The van der Waals surface area contributed by atoms with Crippen LogP contribution in [0.1, 0.15) is 18.1 Å². The van der Waals surface area contributed by atoms with Gasteiger partial charge in [-0.05, 0) is 56.2 Å². The Hall–Kier alpha value is -2.29. The van der Waals surface area contributed by atoms with Crippen molar-refractivity contribution in [3.8, 4) is 11.4 Å². The lowest BCUT2D eigenvalue weighted by molar-refractivity contribution is 0.795. The second-order valence-corrected chi connectivity index (χ2v) is 5.18. The molecule has 0 fully saturated rings. The summed E-state index contributed by atoms with van der Waals surface area (Å²) in [6.45, 7) is 7.26. The summed E-state index contributed by atoms with van der Waals surface area (Å²) in [7, 11) is 0. The van der Waals surface area contributed by atoms with Gasteiger partial charge < -0.3 is 10.3 Å². The van der Waals surface area contributed by atoms with Gasteiger partial charge in [-0.2, -0.15) is 0 Å². The van der Waals surface area contributed by atoms with Crippen LogP contribution < -0.4 is 5.73 Å². The van der Waals surface area contributed by atoms with Crippen molar-refractivity contribution >= 4 is 16.7 Å². The van der Waals surface area contributed by atoms with Gasteiger partial charge in [-0.25, -0.2) is 4.98 Å². The molecule has 0 saturated carbocycles. The van der Waals surface area contributed by atoms with E-state index in [4.69, 9.17) is 10.7 Å². The first kappa shape index (κ1) is 12.7. The number of nitrogens with two attached hydrogens (primary N) is 1. The molecule has 0 radical (unpaired) electrons. The van der Waals surface area contributed by atoms with Crippen LogP contribution in [0, 0.1) is 13.8 Å². The lowest BCUT2D eigenvalue weighted by Crippen LogP contribution is -2.00. The average molecular weight is 265 g/mol. The number of aromatic nitrogens is 2. The van der Waals surface area contributed by atoms with Crippen LogP contribution in [-0.4, -0.2) is 9.55 Å². The van der Waals surface area contributed by atoms with Crippen LogP contribution >= 0.6 is 0 Å². The fraction of sp³-hybridized carbons (Fsp3) is 0.235. The molecule has 2 N–H and O–H groups in total. The maximum atomic E-state index is 6.01. The molecule has 3 nitrogen and oxygen atoms in total. The third-order valence-electron chi connectivity index (χ3n) is 3.90. The molecule has 3 rings (SSSR count). The molecule has 1 aromatic heterocycles. The van der Waals surface area contributed by atoms with Crippen molar-refractivity contribution in [2.75, 3.05) is 5.73 Å². The largest absolute Gasteiger partial charge is 0.399 e. The summed E-state index contributed by atoms with van der Waals surface area (Å²) in [6, 6.07) is 12.3. The first-order valence-electron chi connectivity index (χ1n) is 6.94. The van der Waals surface area contributed by atoms with E-state index in [2.05, 4.69) is 43.5 Å². The van der Waals surface area contributed by atoms with Gasteiger partial charge in [0.05, 0.1) is 11.0 Å². The van der Waals surface area contributed by atoms with Crippen molar-refractivity contribution < 1.29 is 0 Å². The topological polar surface area (TPSA) is 43.8 Å². The summed E-state index contributed by atoms with van der Waals surface area (Å²) in [5.74, 6) is 1.00. The van der Waals surface area contributed by atoms with Gasteiger partial charge in [-0.1, -0.05) is 12.1 Å². The fourth-order valence-electron chi connectivity index (χ4n) is 2.72. The maximum absolute atomic E-state index is 6.01. The Morgan fingerprint density at radius 3 is 2.65 bits per heavy atom. The number of imidazole rings is 1. The number of fused-ring (bicyclic) bond motifs is 1. The van der Waals surface area contributed by atoms with Gasteiger partial charge in [0.1, 0.15) is 5.82 Å². The monoisotopic (exact) mass is 265 g/mol. The number of hydrogen-bond acceptors (Lipinski definition) is 2. The summed E-state index contributed by atoms with van der Waals surface area (Å²) >= 11 is 0. The van der Waals surface area contributed by atoms with Gasteiger partial charge in [0, 0.05) is 17.8 Å². The van der Waals surface area contributed by atoms with Crippen LogP contribution in [0.2, 0.25) is 0 Å². The Balaban J connectivity index is 2.35. The van der Waals surface area contributed by atoms with Gasteiger partial charge in [0.25, 0.3) is 0 Å². The summed E-state index contributed by atoms with van der Waals surface area (Å²) in [4.78, 5) is 4.80. The number of hydrogen-bond donors (Lipinski definition) is 1. The van der Waals surface area contributed by atoms with Crippen molar-refractivity contribution in [2.24, 2.45) is 0 Å². The van der Waals surface area contributed by atoms with Crippen LogP contribution in [-0.2, 0) is 6.54 Å². The molecule has 3 heteroatoms. The minimum atomic E-state index is 0.790. The van der Waals surface area contributed by atoms with Crippen molar-refractivity contribution in [1.29, 1.82) is 0 Å². The molecule has 0 aliphatic carbocycles. The van der Waals surface area contributed by atoms with Crippen LogP contribution in [0.4, 0.5) is 5.69 Å². The first-order chi connectivity index (χ1) is 9.61. The molecule has 0 aliphatic heterocycles. The standard InChI is InChI=1S/C17H19N3/c1-4-20-16-8-6-5-7-15(16)19-17(20)14-10-13(18)9-11(2)12(14)3/h5-10H,4,18H2,1-3H3. The molecule has 0 saturated heterocycles. The highest BCUT2D eigenvalue weighted by molar-refractivity contribution is 5.82. The molecule has 20 heavy (non-hydrogen) atoms. The minimum absolute atomic E-state index is 0.790. The number of nitrogen functional groups attached to an aromatic ring is 1. The SMILES string of the molecule is CCn1c(-c2cc(N)cc(C)c2C)nc2ccccc21. The highest BCUT2D eigenvalue weighted by atomic mass is 15.1. The second-order valence-electron chi connectivity index (χ2n) is 5.18. The maximum Gasteiger partial charge on any atom is 0.141 e. The molecule has 102 valence electrons. The van der Waals surface area contributed by atoms with E-state index >= 15 is 0 Å². The van der Waals surface area contributed by atoms with Crippen LogP contribution in [0.3, 0.4) is 0 Å². The van der Waals surface area contributed by atoms with Crippen LogP contribution in [0.5, 0.6) is 0 Å². The van der Waals surface area contributed by atoms with E-state index in [-0.39, 0.29) is 0 Å². The van der Waals surface area contributed by atoms with Crippen molar-refractivity contribution in [3.63, 3.8) is 0 Å². The number of aryl methyl sites for hydroxylation is 2. The fourth-order valence-corrected chi connectivity index (χ4v) is 2.72. The van der Waals surface area contributed by atoms with Gasteiger partial charge in [0.15, 0.2) is 0 Å². The van der Waals surface area contributed by atoms with E-state index in [1.165, 1.54) is 16.6 Å². The van der Waals surface area contributed by atoms with Gasteiger partial charge in [0.2, 0.25) is 0 Å². The third kappa shape index (κ3) is 1.86. The lowest BCUT2D eigenvalue weighted by atomic mass is 10.0. The second kappa shape index (κ2) is 4.67. The Labute approximate surface area is 119 Å². The molecule has 2 aromatic carbocycles. The zero-order valence-electron chi connectivity index (χ0n) is 12.1. The van der Waals surface area contributed by atoms with Crippen LogP contribution in [0.25, 0.3) is 22.4 Å². The lowest BCUT2D eigenvalue weighted by Gasteiger charge is -2.12. The van der Waals surface area contributed by atoms with Gasteiger partial charge in [-0.15, -0.1) is 0 Å². The smallest absolute Gasteiger partial charge is 0.141 e. The van der Waals surface area contributed by atoms with Crippen molar-refractivity contribution in [2.45, 2.75) is 27.3 Å². The highest BCUT2D eigenvalue weighted by Crippen LogP contribution is 2.30. The third-order valence-corrected chi connectivity index (χ3v) is 3.90. The molecular weight excluding hydrogens is 246 g/mol. The first-order valence-corrected chi connectivity index (χ1v) is 6.94. The van der Waals surface area contributed by atoms with Gasteiger partial charge in [-0.3, -0.25) is 0 Å². The van der Waals surface area contributed by atoms with E-state index < -0.39 is 0 Å². The summed E-state index contributed by atoms with van der Waals surface area (Å²) in [6.07, 6.45) is 0. The van der Waals surface area contributed by atoms with E-state index in [1.54, 1.807) is 0 Å². The zero-order valence-corrected chi connectivity index (χ0v) is 12.1. The number of anilines is 1. The molecule has 0 amide bonds. The summed E-state index contributed by atoms with van der Waals surface area (Å²) in [5, 5.41) is 0. The Morgan fingerprint density at radius 2 is 1.90 bits per heavy atom. The Bertz CT molecular complexity index is 784. The molecule has 0 spiro atoms. The van der Waals surface area contributed by atoms with E-state index in [1.807, 2.05) is 18.2 Å². The zero-order chi connectivity index (χ0) is 14.3. The van der Waals surface area contributed by atoms with Gasteiger partial charge >= 0.3 is 0 Å². The molecule has 0 aliphatic rings. The summed E-state index contributed by atoms with van der Waals surface area (Å²) in [5.41, 5.74) is 12.6. The van der Waals surface area contributed by atoms with Crippen LogP contribution in [0.15, 0.2) is 36.4 Å². The Kier molecular flexibility index (Phi) is 2.97. The predicted octanol–water partition coefficient (Wildman–Crippen LogP) is 3.92. The average Bonchev–Trinajstić information content (AvgIpc) is 2.81. The van der Waals surface area contributed by atoms with E-state index in [0.717, 1.165) is 29.1 Å². The minimum Gasteiger partial charge on any atom is -0.399 e.